The average molecular weight is 401 g/mol. The lowest BCUT2D eigenvalue weighted by atomic mass is 9.87. The van der Waals surface area contributed by atoms with Crippen LogP contribution in [0.3, 0.4) is 0 Å². The van der Waals surface area contributed by atoms with Gasteiger partial charge >= 0.3 is 0 Å². The van der Waals surface area contributed by atoms with Crippen LogP contribution in [-0.4, -0.2) is 49.5 Å². The van der Waals surface area contributed by atoms with Crippen molar-refractivity contribution in [2.45, 2.75) is 45.3 Å². The number of piperidine rings is 1. The summed E-state index contributed by atoms with van der Waals surface area (Å²) >= 11 is 0. The number of hydrogen-bond acceptors (Lipinski definition) is 5. The highest BCUT2D eigenvalue weighted by atomic mass is 16.5. The summed E-state index contributed by atoms with van der Waals surface area (Å²) in [4.78, 5) is 2.46. The third-order valence-corrected chi connectivity index (χ3v) is 5.51. The SMILES string of the molecule is CC.COc1ccc(CNC2(CO)CCN(Cc3ccccc3)CC2)c(OC)c1. The minimum atomic E-state index is -0.238. The van der Waals surface area contributed by atoms with Crippen molar-refractivity contribution in [3.8, 4) is 11.5 Å². The van der Waals surface area contributed by atoms with Gasteiger partial charge in [-0.3, -0.25) is 4.90 Å². The quantitative estimate of drug-likeness (QED) is 0.705. The van der Waals surface area contributed by atoms with Crippen LogP contribution in [-0.2, 0) is 13.1 Å². The Morgan fingerprint density at radius 2 is 1.69 bits per heavy atom. The highest BCUT2D eigenvalue weighted by molar-refractivity contribution is 5.40. The number of methoxy groups -OCH3 is 2. The van der Waals surface area contributed by atoms with Crippen molar-refractivity contribution in [3.63, 3.8) is 0 Å². The van der Waals surface area contributed by atoms with Gasteiger partial charge in [0.05, 0.1) is 20.8 Å². The zero-order chi connectivity index (χ0) is 21.1. The predicted octanol–water partition coefficient (Wildman–Crippen LogP) is 3.85. The van der Waals surface area contributed by atoms with Crippen LogP contribution in [0.25, 0.3) is 0 Å². The average Bonchev–Trinajstić information content (AvgIpc) is 2.80. The number of ether oxygens (including phenoxy) is 2. The molecular formula is C24H36N2O3. The fraction of sp³-hybridized carbons (Fsp3) is 0.500. The monoisotopic (exact) mass is 400 g/mol. The van der Waals surface area contributed by atoms with Crippen molar-refractivity contribution < 1.29 is 14.6 Å². The molecule has 160 valence electrons. The Hall–Kier alpha value is -2.08. The lowest BCUT2D eigenvalue weighted by molar-refractivity contribution is 0.0741. The Labute approximate surface area is 175 Å². The molecule has 0 atom stereocenters. The highest BCUT2D eigenvalue weighted by Crippen LogP contribution is 2.27. The van der Waals surface area contributed by atoms with E-state index in [4.69, 9.17) is 9.47 Å². The van der Waals surface area contributed by atoms with E-state index in [-0.39, 0.29) is 12.1 Å². The molecule has 0 amide bonds. The van der Waals surface area contributed by atoms with Crippen LogP contribution in [0, 0.1) is 0 Å². The maximum absolute atomic E-state index is 10.1. The van der Waals surface area contributed by atoms with Gasteiger partial charge in [-0.25, -0.2) is 0 Å². The lowest BCUT2D eigenvalue weighted by Gasteiger charge is -2.41. The maximum Gasteiger partial charge on any atom is 0.127 e. The van der Waals surface area contributed by atoms with E-state index in [0.29, 0.717) is 6.54 Å². The third-order valence-electron chi connectivity index (χ3n) is 5.51. The van der Waals surface area contributed by atoms with E-state index in [2.05, 4.69) is 34.5 Å². The standard InChI is InChI=1S/C22H30N2O3.C2H6/c1-26-20-9-8-19(21(14-20)27-2)15-23-22(17-25)10-12-24(13-11-22)16-18-6-4-3-5-7-18;1-2/h3-9,14,23,25H,10-13,15-17H2,1-2H3;1-2H3. The van der Waals surface area contributed by atoms with Crippen LogP contribution in [0.4, 0.5) is 0 Å². The minimum absolute atomic E-state index is 0.143. The first-order chi connectivity index (χ1) is 14.2. The summed E-state index contributed by atoms with van der Waals surface area (Å²) in [6, 6.07) is 16.4. The van der Waals surface area contributed by atoms with E-state index in [9.17, 15) is 5.11 Å². The molecule has 5 nitrogen and oxygen atoms in total. The summed E-state index contributed by atoms with van der Waals surface area (Å²) in [5.74, 6) is 1.58. The molecule has 1 aliphatic heterocycles. The molecule has 2 aromatic rings. The highest BCUT2D eigenvalue weighted by Gasteiger charge is 2.33. The number of benzene rings is 2. The van der Waals surface area contributed by atoms with Crippen molar-refractivity contribution in [3.05, 3.63) is 59.7 Å². The molecule has 1 heterocycles. The first-order valence-corrected chi connectivity index (χ1v) is 10.5. The second-order valence-electron chi connectivity index (χ2n) is 7.23. The van der Waals surface area contributed by atoms with E-state index in [1.54, 1.807) is 14.2 Å². The number of rotatable bonds is 8. The molecule has 0 aliphatic carbocycles. The smallest absolute Gasteiger partial charge is 0.127 e. The van der Waals surface area contributed by atoms with Gasteiger partial charge in [0.25, 0.3) is 0 Å². The van der Waals surface area contributed by atoms with Gasteiger partial charge < -0.3 is 19.9 Å². The molecule has 0 unspecified atom stereocenters. The van der Waals surface area contributed by atoms with Crippen molar-refractivity contribution in [2.24, 2.45) is 0 Å². The maximum atomic E-state index is 10.1. The Morgan fingerprint density at radius 3 is 2.28 bits per heavy atom. The summed E-state index contributed by atoms with van der Waals surface area (Å²) in [6.45, 7) is 7.72. The Kier molecular flexibility index (Phi) is 9.45. The number of hydrogen-bond donors (Lipinski definition) is 2. The van der Waals surface area contributed by atoms with Crippen LogP contribution in [0.5, 0.6) is 11.5 Å². The number of nitrogens with one attached hydrogen (secondary N) is 1. The van der Waals surface area contributed by atoms with E-state index in [1.165, 1.54) is 5.56 Å². The summed E-state index contributed by atoms with van der Waals surface area (Å²) < 4.78 is 10.7. The van der Waals surface area contributed by atoms with Crippen LogP contribution in [0.15, 0.2) is 48.5 Å². The third kappa shape index (κ3) is 6.46. The molecule has 0 bridgehead atoms. The minimum Gasteiger partial charge on any atom is -0.497 e. The van der Waals surface area contributed by atoms with Gasteiger partial charge in [-0.1, -0.05) is 50.2 Å². The summed E-state index contributed by atoms with van der Waals surface area (Å²) in [7, 11) is 3.32. The number of nitrogens with zero attached hydrogens (tertiary/aromatic N) is 1. The van der Waals surface area contributed by atoms with Crippen molar-refractivity contribution in [2.75, 3.05) is 33.9 Å². The van der Waals surface area contributed by atoms with E-state index in [1.807, 2.05) is 38.1 Å². The molecule has 3 rings (SSSR count). The number of aliphatic hydroxyl groups excluding tert-OH is 1. The first kappa shape index (κ1) is 23.2. The van der Waals surface area contributed by atoms with Gasteiger partial charge in [-0.2, -0.15) is 0 Å². The molecular weight excluding hydrogens is 364 g/mol. The molecule has 0 saturated carbocycles. The van der Waals surface area contributed by atoms with Crippen LogP contribution < -0.4 is 14.8 Å². The first-order valence-electron chi connectivity index (χ1n) is 10.5. The van der Waals surface area contributed by atoms with Crippen LogP contribution in [0.2, 0.25) is 0 Å². The van der Waals surface area contributed by atoms with E-state index < -0.39 is 0 Å². The molecule has 2 aromatic carbocycles. The van der Waals surface area contributed by atoms with Gasteiger partial charge in [0.1, 0.15) is 11.5 Å². The Balaban J connectivity index is 0.00000145. The number of aliphatic hydroxyl groups is 1. The second-order valence-corrected chi connectivity index (χ2v) is 7.23. The summed E-state index contributed by atoms with van der Waals surface area (Å²) in [6.07, 6.45) is 1.85. The number of likely N-dealkylation sites (tertiary alicyclic amines) is 1. The zero-order valence-corrected chi connectivity index (χ0v) is 18.3. The van der Waals surface area contributed by atoms with Gasteiger partial charge in [0, 0.05) is 43.3 Å². The Bertz CT molecular complexity index is 713. The van der Waals surface area contributed by atoms with Gasteiger partial charge in [-0.15, -0.1) is 0 Å². The molecule has 1 aliphatic rings. The molecule has 2 N–H and O–H groups in total. The molecule has 0 aromatic heterocycles. The van der Waals surface area contributed by atoms with Crippen LogP contribution in [0.1, 0.15) is 37.8 Å². The van der Waals surface area contributed by atoms with Gasteiger partial charge in [0.2, 0.25) is 0 Å². The Morgan fingerprint density at radius 1 is 1.00 bits per heavy atom. The van der Waals surface area contributed by atoms with Crippen LogP contribution >= 0.6 is 0 Å². The normalized spacial score (nSPS) is 15.9. The molecule has 0 spiro atoms. The van der Waals surface area contributed by atoms with Crippen molar-refractivity contribution >= 4 is 0 Å². The van der Waals surface area contributed by atoms with E-state index in [0.717, 1.165) is 49.5 Å². The largest absolute Gasteiger partial charge is 0.497 e. The molecule has 1 saturated heterocycles. The fourth-order valence-electron chi connectivity index (χ4n) is 3.65. The van der Waals surface area contributed by atoms with Gasteiger partial charge in [-0.05, 0) is 24.5 Å². The van der Waals surface area contributed by atoms with Crippen molar-refractivity contribution in [1.29, 1.82) is 0 Å². The predicted molar refractivity (Wildman–Crippen MR) is 119 cm³/mol. The second kappa shape index (κ2) is 11.8. The molecule has 0 radical (unpaired) electrons. The molecule has 1 fully saturated rings. The molecule has 29 heavy (non-hydrogen) atoms. The van der Waals surface area contributed by atoms with Gasteiger partial charge in [0.15, 0.2) is 0 Å². The topological polar surface area (TPSA) is 54.0 Å². The van der Waals surface area contributed by atoms with Crippen molar-refractivity contribution in [1.82, 2.24) is 10.2 Å². The zero-order valence-electron chi connectivity index (χ0n) is 18.3. The van der Waals surface area contributed by atoms with E-state index >= 15 is 0 Å². The molecule has 5 heteroatoms. The summed E-state index contributed by atoms with van der Waals surface area (Å²) in [5.41, 5.74) is 2.17. The fourth-order valence-corrected chi connectivity index (χ4v) is 3.65. The summed E-state index contributed by atoms with van der Waals surface area (Å²) in [5, 5.41) is 13.7. The lowest BCUT2D eigenvalue weighted by Crippen LogP contribution is -2.55.